The van der Waals surface area contributed by atoms with Crippen molar-refractivity contribution in [1.29, 1.82) is 0 Å². The molecule has 4 atom stereocenters. The first kappa shape index (κ1) is 65.5. The minimum Gasteiger partial charge on any atom is -1.00 e. The molecule has 0 heterocycles. The molecular weight excluding hydrogens is 990 g/mol. The average molecular weight is 1100 g/mol. The Hall–Kier alpha value is 0.240. The van der Waals surface area contributed by atoms with Gasteiger partial charge in [-0.25, -0.2) is 9.59 Å². The summed E-state index contributed by atoms with van der Waals surface area (Å²) in [5.74, 6) is -0.357. The van der Waals surface area contributed by atoms with Crippen LogP contribution in [0.5, 0.6) is 0 Å². The molecule has 2 unspecified atom stereocenters. The highest BCUT2D eigenvalue weighted by atomic mass is 127. The number of ether oxygens (including phenoxy) is 4. The molecule has 0 saturated carbocycles. The minimum atomic E-state index is -0.364. The van der Waals surface area contributed by atoms with Gasteiger partial charge in [0.05, 0.1) is 65.7 Å². The lowest BCUT2D eigenvalue weighted by Crippen LogP contribution is -3.00. The Bertz CT molecular complexity index is 944. The summed E-state index contributed by atoms with van der Waals surface area (Å²) in [5.41, 5.74) is -0.675. The highest BCUT2D eigenvalue weighted by Crippen LogP contribution is 2.24. The second-order valence-electron chi connectivity index (χ2n) is 20.6. The third-order valence-corrected chi connectivity index (χ3v) is 12.7. The Labute approximate surface area is 414 Å². The number of methoxy groups -OCH3 is 2. The average Bonchev–Trinajstić information content (AvgIpc) is 3.17. The van der Waals surface area contributed by atoms with Gasteiger partial charge in [0.25, 0.3) is 0 Å². The molecule has 0 aliphatic heterocycles. The van der Waals surface area contributed by atoms with E-state index in [2.05, 4.69) is 69.5 Å². The van der Waals surface area contributed by atoms with E-state index in [0.717, 1.165) is 58.3 Å². The number of hydrogen-bond acceptors (Lipinski definition) is 6. The number of carbonyl (C=O) groups is 2. The maximum Gasteiger partial charge on any atom is 0.367 e. The van der Waals surface area contributed by atoms with Crippen molar-refractivity contribution in [3.63, 3.8) is 0 Å². The van der Waals surface area contributed by atoms with E-state index in [9.17, 15) is 9.59 Å². The Morgan fingerprint density at radius 1 is 0.393 bits per heavy atom. The normalized spacial score (nSPS) is 14.9. The molecule has 61 heavy (non-hydrogen) atoms. The highest BCUT2D eigenvalue weighted by Gasteiger charge is 2.41. The molecule has 0 rings (SSSR count). The van der Waals surface area contributed by atoms with E-state index in [4.69, 9.17) is 18.9 Å². The molecule has 0 bridgehead atoms. The number of rotatable bonds is 40. The van der Waals surface area contributed by atoms with Crippen molar-refractivity contribution in [2.24, 2.45) is 0 Å². The van der Waals surface area contributed by atoms with Crippen molar-refractivity contribution < 1.29 is 85.5 Å². The Morgan fingerprint density at radius 3 is 0.787 bits per heavy atom. The van der Waals surface area contributed by atoms with Gasteiger partial charge in [0.2, 0.25) is 12.1 Å². The lowest BCUT2D eigenvalue weighted by atomic mass is 10.0. The third-order valence-electron chi connectivity index (χ3n) is 12.7. The molecule has 0 aromatic heterocycles. The lowest BCUT2D eigenvalue weighted by molar-refractivity contribution is -0.928. The molecule has 0 aromatic rings. The molecule has 0 amide bonds. The van der Waals surface area contributed by atoms with Gasteiger partial charge in [0.15, 0.2) is 0 Å². The predicted octanol–water partition coefficient (Wildman–Crippen LogP) is 7.17. The van der Waals surface area contributed by atoms with E-state index in [-0.39, 0.29) is 83.2 Å². The molecule has 10 heteroatoms. The van der Waals surface area contributed by atoms with Crippen LogP contribution < -0.4 is 48.0 Å². The van der Waals surface area contributed by atoms with Crippen LogP contribution in [-0.2, 0) is 28.5 Å². The summed E-state index contributed by atoms with van der Waals surface area (Å²) in [6.45, 7) is 21.2. The summed E-state index contributed by atoms with van der Waals surface area (Å²) in [4.78, 5) is 26.8. The smallest absolute Gasteiger partial charge is 0.367 e. The standard InChI is InChI=1S/C51H104N2O6.2HI/c1-13-15-17-19-21-23-25-27-29-31-33-36-40-52(9,46(48(54)56-11)44-58-50(3,4)5)42-38-35-39-43-53(10,47(49(55)57-12)45-59-51(6,7)8)41-37-34-32-30-28-26-24-22-20-18-16-14-2;;/h46-47H,13-45H2,1-12H3;2*1H/q+2;;/p-2/t46-,47-,52?,53?;;/m0../s1. The third kappa shape index (κ3) is 35.2. The second kappa shape index (κ2) is 39.4. The van der Waals surface area contributed by atoms with E-state index in [1.807, 2.05) is 0 Å². The summed E-state index contributed by atoms with van der Waals surface area (Å²) in [6.07, 6.45) is 34.6. The van der Waals surface area contributed by atoms with Crippen LogP contribution in [-0.4, -0.2) is 112 Å². The van der Waals surface area contributed by atoms with Gasteiger partial charge in [-0.2, -0.15) is 0 Å². The zero-order valence-corrected chi connectivity index (χ0v) is 46.9. The summed E-state index contributed by atoms with van der Waals surface area (Å²) in [7, 11) is 7.52. The van der Waals surface area contributed by atoms with Crippen molar-refractivity contribution in [2.75, 3.05) is 67.7 Å². The number of hydrogen-bond donors (Lipinski definition) is 0. The SMILES string of the molecule is CCCCCCCCCCCCCC[N+](C)(CCCCC[N+](C)(CCCCCCCCCCCCCC)[C@@H](COC(C)(C)C)C(=O)OC)[C@@H](COC(C)(C)C)C(=O)OC.[I-].[I-]. The van der Waals surface area contributed by atoms with Crippen molar-refractivity contribution in [1.82, 2.24) is 0 Å². The fraction of sp³-hybridized carbons (Fsp3) is 0.961. The van der Waals surface area contributed by atoms with Gasteiger partial charge in [-0.3, -0.25) is 0 Å². The number of nitrogens with zero attached hydrogens (tertiary/aromatic N) is 2. The van der Waals surface area contributed by atoms with Gasteiger partial charge in [0, 0.05) is 0 Å². The molecule has 0 aliphatic rings. The van der Waals surface area contributed by atoms with Gasteiger partial charge in [-0.15, -0.1) is 0 Å². The quantitative estimate of drug-likeness (QED) is 0.0281. The van der Waals surface area contributed by atoms with Gasteiger partial charge < -0.3 is 75.9 Å². The second-order valence-corrected chi connectivity index (χ2v) is 20.6. The molecule has 0 radical (unpaired) electrons. The van der Waals surface area contributed by atoms with Crippen LogP contribution >= 0.6 is 0 Å². The number of halogens is 2. The van der Waals surface area contributed by atoms with Crippen LogP contribution in [0.1, 0.15) is 229 Å². The first-order valence-corrected chi connectivity index (χ1v) is 25.1. The number of unbranched alkanes of at least 4 members (excludes halogenated alkanes) is 24. The van der Waals surface area contributed by atoms with Gasteiger partial charge >= 0.3 is 11.9 Å². The van der Waals surface area contributed by atoms with E-state index in [0.29, 0.717) is 22.2 Å². The van der Waals surface area contributed by atoms with E-state index in [1.165, 1.54) is 155 Å². The van der Waals surface area contributed by atoms with Crippen LogP contribution in [0.15, 0.2) is 0 Å². The number of quaternary nitrogens is 2. The first-order chi connectivity index (χ1) is 28.0. The van der Waals surface area contributed by atoms with Gasteiger partial charge in [-0.1, -0.05) is 142 Å². The number of carbonyl (C=O) groups excluding carboxylic acids is 2. The Balaban J connectivity index is -0.0000168. The fourth-order valence-electron chi connectivity index (χ4n) is 8.53. The molecule has 8 nitrogen and oxygen atoms in total. The molecule has 368 valence electrons. The molecule has 0 aliphatic carbocycles. The van der Waals surface area contributed by atoms with Gasteiger partial charge in [-0.05, 0) is 86.5 Å². The van der Waals surface area contributed by atoms with Crippen molar-refractivity contribution >= 4 is 11.9 Å². The summed E-state index contributed by atoms with van der Waals surface area (Å²) >= 11 is 0. The van der Waals surface area contributed by atoms with Crippen LogP contribution in [0.2, 0.25) is 0 Å². The first-order valence-electron chi connectivity index (χ1n) is 25.1. The minimum absolute atomic E-state index is 0. The van der Waals surface area contributed by atoms with Crippen molar-refractivity contribution in [2.45, 2.75) is 252 Å². The Morgan fingerprint density at radius 2 is 0.590 bits per heavy atom. The molecule has 0 aromatic carbocycles. The fourth-order valence-corrected chi connectivity index (χ4v) is 8.53. The lowest BCUT2D eigenvalue weighted by Gasteiger charge is -2.42. The molecule has 0 N–H and O–H groups in total. The molecule has 0 saturated heterocycles. The van der Waals surface area contributed by atoms with Crippen molar-refractivity contribution in [3.05, 3.63) is 0 Å². The van der Waals surface area contributed by atoms with Crippen LogP contribution in [0.25, 0.3) is 0 Å². The maximum atomic E-state index is 13.4. The zero-order chi connectivity index (χ0) is 44.5. The molecular formula is C51H104I2N2O6. The summed E-state index contributed by atoms with van der Waals surface area (Å²) in [6, 6.07) is -0.728. The largest absolute Gasteiger partial charge is 1.00 e. The zero-order valence-electron chi connectivity index (χ0n) is 42.6. The molecule has 0 spiro atoms. The topological polar surface area (TPSA) is 71.1 Å². The Kier molecular flexibility index (Phi) is 42.3. The molecule has 0 fully saturated rings. The van der Waals surface area contributed by atoms with E-state index < -0.39 is 0 Å². The monoisotopic (exact) mass is 1090 g/mol. The van der Waals surface area contributed by atoms with Crippen LogP contribution in [0, 0.1) is 0 Å². The predicted molar refractivity (Wildman–Crippen MR) is 251 cm³/mol. The van der Waals surface area contributed by atoms with Gasteiger partial charge in [0.1, 0.15) is 13.2 Å². The maximum absolute atomic E-state index is 13.4. The van der Waals surface area contributed by atoms with Crippen LogP contribution in [0.4, 0.5) is 0 Å². The van der Waals surface area contributed by atoms with E-state index in [1.54, 1.807) is 0 Å². The van der Waals surface area contributed by atoms with E-state index >= 15 is 0 Å². The number of likely N-dealkylation sites (N-methyl/N-ethyl adjacent to an activating group) is 2. The summed E-state index contributed by atoms with van der Waals surface area (Å²) < 4.78 is 24.7. The number of esters is 2. The highest BCUT2D eigenvalue weighted by molar-refractivity contribution is 5.75. The van der Waals surface area contributed by atoms with Crippen LogP contribution in [0.3, 0.4) is 0 Å². The summed E-state index contributed by atoms with van der Waals surface area (Å²) in [5, 5.41) is 0. The van der Waals surface area contributed by atoms with Crippen molar-refractivity contribution in [3.8, 4) is 0 Å².